The second-order valence-electron chi connectivity index (χ2n) is 5.19. The molecule has 2 atom stereocenters. The zero-order valence-corrected chi connectivity index (χ0v) is 11.3. The van der Waals surface area contributed by atoms with Crippen molar-refractivity contribution < 1.29 is 9.47 Å². The van der Waals surface area contributed by atoms with Crippen LogP contribution in [0.3, 0.4) is 0 Å². The number of rotatable bonds is 5. The summed E-state index contributed by atoms with van der Waals surface area (Å²) in [7, 11) is 1.73. The van der Waals surface area contributed by atoms with Crippen molar-refractivity contribution in [3.63, 3.8) is 0 Å². The molecule has 3 heteroatoms. The Morgan fingerprint density at radius 1 is 1.44 bits per heavy atom. The Kier molecular flexibility index (Phi) is 4.61. The van der Waals surface area contributed by atoms with E-state index < -0.39 is 0 Å². The fourth-order valence-corrected chi connectivity index (χ4v) is 2.62. The van der Waals surface area contributed by atoms with Crippen LogP contribution in [0.15, 0.2) is 18.2 Å². The van der Waals surface area contributed by atoms with Gasteiger partial charge in [-0.3, -0.25) is 0 Å². The molecule has 0 radical (unpaired) electrons. The van der Waals surface area contributed by atoms with Gasteiger partial charge in [-0.2, -0.15) is 0 Å². The van der Waals surface area contributed by atoms with Gasteiger partial charge in [0.1, 0.15) is 5.75 Å². The molecule has 1 aliphatic rings. The van der Waals surface area contributed by atoms with E-state index in [-0.39, 0.29) is 6.04 Å². The SMILES string of the molecule is COCC(C)CC(N)c1cccc2c1OCCC2. The van der Waals surface area contributed by atoms with Gasteiger partial charge in [0.15, 0.2) is 0 Å². The first kappa shape index (κ1) is 13.4. The molecule has 100 valence electrons. The largest absolute Gasteiger partial charge is 0.493 e. The molecular weight excluding hydrogens is 226 g/mol. The Balaban J connectivity index is 2.12. The Hall–Kier alpha value is -1.06. The minimum Gasteiger partial charge on any atom is -0.493 e. The Morgan fingerprint density at radius 2 is 2.28 bits per heavy atom. The highest BCUT2D eigenvalue weighted by Gasteiger charge is 2.19. The second-order valence-corrected chi connectivity index (χ2v) is 5.19. The normalized spacial score (nSPS) is 17.7. The highest BCUT2D eigenvalue weighted by Crippen LogP contribution is 2.34. The molecular formula is C15H23NO2. The van der Waals surface area contributed by atoms with Crippen LogP contribution in [0.2, 0.25) is 0 Å². The summed E-state index contributed by atoms with van der Waals surface area (Å²) < 4.78 is 11.0. The number of nitrogens with two attached hydrogens (primary N) is 1. The summed E-state index contributed by atoms with van der Waals surface area (Å²) in [6, 6.07) is 6.35. The van der Waals surface area contributed by atoms with Gasteiger partial charge in [-0.1, -0.05) is 25.1 Å². The van der Waals surface area contributed by atoms with Gasteiger partial charge in [-0.15, -0.1) is 0 Å². The van der Waals surface area contributed by atoms with E-state index in [9.17, 15) is 0 Å². The molecule has 0 bridgehead atoms. The third-order valence-electron chi connectivity index (χ3n) is 3.47. The monoisotopic (exact) mass is 249 g/mol. The van der Waals surface area contributed by atoms with Crippen LogP contribution in [0.1, 0.15) is 36.9 Å². The lowest BCUT2D eigenvalue weighted by Crippen LogP contribution is -2.19. The molecule has 1 aliphatic heterocycles. The molecule has 0 saturated carbocycles. The predicted molar refractivity (Wildman–Crippen MR) is 72.8 cm³/mol. The van der Waals surface area contributed by atoms with E-state index in [1.807, 2.05) is 0 Å². The summed E-state index contributed by atoms with van der Waals surface area (Å²) in [5, 5.41) is 0. The Bertz CT molecular complexity index is 392. The summed E-state index contributed by atoms with van der Waals surface area (Å²) >= 11 is 0. The molecule has 3 nitrogen and oxygen atoms in total. The third kappa shape index (κ3) is 3.03. The molecule has 1 heterocycles. The van der Waals surface area contributed by atoms with Gasteiger partial charge in [0, 0.05) is 25.3 Å². The topological polar surface area (TPSA) is 44.5 Å². The van der Waals surface area contributed by atoms with Crippen molar-refractivity contribution in [2.75, 3.05) is 20.3 Å². The number of hydrogen-bond acceptors (Lipinski definition) is 3. The molecule has 0 spiro atoms. The molecule has 2 unspecified atom stereocenters. The molecule has 0 fully saturated rings. The highest BCUT2D eigenvalue weighted by molar-refractivity contribution is 5.44. The van der Waals surface area contributed by atoms with E-state index in [2.05, 4.69) is 25.1 Å². The van der Waals surface area contributed by atoms with E-state index in [4.69, 9.17) is 15.2 Å². The third-order valence-corrected chi connectivity index (χ3v) is 3.47. The van der Waals surface area contributed by atoms with Crippen molar-refractivity contribution in [1.82, 2.24) is 0 Å². The summed E-state index contributed by atoms with van der Waals surface area (Å²) in [5.41, 5.74) is 8.76. The van der Waals surface area contributed by atoms with Crippen LogP contribution in [0.25, 0.3) is 0 Å². The number of fused-ring (bicyclic) bond motifs is 1. The lowest BCUT2D eigenvalue weighted by atomic mass is 9.93. The van der Waals surface area contributed by atoms with Crippen molar-refractivity contribution >= 4 is 0 Å². The first-order valence-corrected chi connectivity index (χ1v) is 6.71. The molecule has 1 aromatic carbocycles. The maximum Gasteiger partial charge on any atom is 0.127 e. The molecule has 0 aromatic heterocycles. The fourth-order valence-electron chi connectivity index (χ4n) is 2.62. The average Bonchev–Trinajstić information content (AvgIpc) is 2.38. The number of benzene rings is 1. The number of aryl methyl sites for hydroxylation is 1. The zero-order valence-electron chi connectivity index (χ0n) is 11.3. The summed E-state index contributed by atoms with van der Waals surface area (Å²) in [6.45, 7) is 3.73. The Labute approximate surface area is 109 Å². The molecule has 0 amide bonds. The molecule has 2 N–H and O–H groups in total. The van der Waals surface area contributed by atoms with Gasteiger partial charge < -0.3 is 15.2 Å². The lowest BCUT2D eigenvalue weighted by Gasteiger charge is -2.24. The lowest BCUT2D eigenvalue weighted by molar-refractivity contribution is 0.151. The van der Waals surface area contributed by atoms with Crippen LogP contribution in [0, 0.1) is 5.92 Å². The van der Waals surface area contributed by atoms with Crippen molar-refractivity contribution in [2.24, 2.45) is 11.7 Å². The standard InChI is InChI=1S/C15H23NO2/c1-11(10-17-2)9-14(16)13-7-3-5-12-6-4-8-18-15(12)13/h3,5,7,11,14H,4,6,8-10,16H2,1-2H3. The maximum atomic E-state index is 6.31. The van der Waals surface area contributed by atoms with Crippen molar-refractivity contribution in [3.8, 4) is 5.75 Å². The van der Waals surface area contributed by atoms with Crippen LogP contribution in [0.4, 0.5) is 0 Å². The summed E-state index contributed by atoms with van der Waals surface area (Å²) in [5.74, 6) is 1.49. The van der Waals surface area contributed by atoms with Crippen LogP contribution in [0.5, 0.6) is 5.75 Å². The van der Waals surface area contributed by atoms with Crippen LogP contribution >= 0.6 is 0 Å². The van der Waals surface area contributed by atoms with E-state index in [1.54, 1.807) is 7.11 Å². The molecule has 2 rings (SSSR count). The summed E-state index contributed by atoms with van der Waals surface area (Å²) in [6.07, 6.45) is 3.13. The number of methoxy groups -OCH3 is 1. The predicted octanol–water partition coefficient (Wildman–Crippen LogP) is 2.68. The molecule has 0 aliphatic carbocycles. The Morgan fingerprint density at radius 3 is 3.06 bits per heavy atom. The van der Waals surface area contributed by atoms with Gasteiger partial charge in [0.05, 0.1) is 6.61 Å². The number of ether oxygens (including phenoxy) is 2. The quantitative estimate of drug-likeness (QED) is 0.872. The first-order chi connectivity index (χ1) is 8.72. The van der Waals surface area contributed by atoms with Gasteiger partial charge in [-0.25, -0.2) is 0 Å². The first-order valence-electron chi connectivity index (χ1n) is 6.71. The van der Waals surface area contributed by atoms with Crippen LogP contribution in [-0.2, 0) is 11.2 Å². The van der Waals surface area contributed by atoms with Crippen molar-refractivity contribution in [3.05, 3.63) is 29.3 Å². The molecule has 1 aromatic rings. The van der Waals surface area contributed by atoms with E-state index in [1.165, 1.54) is 5.56 Å². The zero-order chi connectivity index (χ0) is 13.0. The van der Waals surface area contributed by atoms with Gasteiger partial charge in [-0.05, 0) is 30.7 Å². The van der Waals surface area contributed by atoms with Gasteiger partial charge >= 0.3 is 0 Å². The van der Waals surface area contributed by atoms with E-state index in [0.29, 0.717) is 5.92 Å². The van der Waals surface area contributed by atoms with Crippen molar-refractivity contribution in [2.45, 2.75) is 32.2 Å². The minimum atomic E-state index is 0.0307. The van der Waals surface area contributed by atoms with Gasteiger partial charge in [0.2, 0.25) is 0 Å². The molecule has 18 heavy (non-hydrogen) atoms. The maximum absolute atomic E-state index is 6.31. The second kappa shape index (κ2) is 6.21. The minimum absolute atomic E-state index is 0.0307. The fraction of sp³-hybridized carbons (Fsp3) is 0.600. The average molecular weight is 249 g/mol. The number of para-hydroxylation sites is 1. The van der Waals surface area contributed by atoms with Crippen LogP contribution in [-0.4, -0.2) is 20.3 Å². The number of hydrogen-bond donors (Lipinski definition) is 1. The molecule has 0 saturated heterocycles. The summed E-state index contributed by atoms with van der Waals surface area (Å²) in [4.78, 5) is 0. The van der Waals surface area contributed by atoms with Crippen molar-refractivity contribution in [1.29, 1.82) is 0 Å². The smallest absolute Gasteiger partial charge is 0.127 e. The highest BCUT2D eigenvalue weighted by atomic mass is 16.5. The van der Waals surface area contributed by atoms with Gasteiger partial charge in [0.25, 0.3) is 0 Å². The van der Waals surface area contributed by atoms with E-state index in [0.717, 1.165) is 43.8 Å². The van der Waals surface area contributed by atoms with E-state index >= 15 is 0 Å². The van der Waals surface area contributed by atoms with Crippen LogP contribution < -0.4 is 10.5 Å².